The molecule has 0 bridgehead atoms. The first-order chi connectivity index (χ1) is 7.42. The van der Waals surface area contributed by atoms with Crippen LogP contribution in [0.15, 0.2) is 0 Å². The van der Waals surface area contributed by atoms with E-state index >= 15 is 0 Å². The Labute approximate surface area is 95.9 Å². The third kappa shape index (κ3) is 2.99. The van der Waals surface area contributed by atoms with Gasteiger partial charge in [-0.3, -0.25) is 0 Å². The zero-order chi connectivity index (χ0) is 10.5. The maximum absolute atomic E-state index is 2.85. The van der Waals surface area contributed by atoms with E-state index in [0.29, 0.717) is 0 Å². The summed E-state index contributed by atoms with van der Waals surface area (Å²) in [5, 5.41) is 0. The molecule has 86 valence electrons. The van der Waals surface area contributed by atoms with Gasteiger partial charge in [-0.15, -0.1) is 0 Å². The summed E-state index contributed by atoms with van der Waals surface area (Å²) in [6.45, 7) is 2.36. The minimum atomic E-state index is 0.937. The molecule has 15 heavy (non-hydrogen) atoms. The summed E-state index contributed by atoms with van der Waals surface area (Å²) in [5.41, 5.74) is 0. The fraction of sp³-hybridized carbons (Fsp3) is 1.00. The van der Waals surface area contributed by atoms with Crippen molar-refractivity contribution in [3.63, 3.8) is 0 Å². The molecular weight excluding hydrogens is 181 g/mol. The van der Waals surface area contributed by atoms with Crippen molar-refractivity contribution in [1.29, 1.82) is 0 Å². The number of nitrogens with zero attached hydrogens (tertiary/aromatic N) is 1. The summed E-state index contributed by atoms with van der Waals surface area (Å²) in [7, 11) is 1.29. The van der Waals surface area contributed by atoms with E-state index in [1.165, 1.54) is 71.6 Å². The highest BCUT2D eigenvalue weighted by Crippen LogP contribution is 2.29. The predicted octanol–water partition coefficient (Wildman–Crippen LogP) is 3.35. The second-order valence-electron chi connectivity index (χ2n) is 5.41. The predicted molar refractivity (Wildman–Crippen MR) is 68.6 cm³/mol. The van der Waals surface area contributed by atoms with Gasteiger partial charge in [0, 0.05) is 0 Å². The Morgan fingerprint density at radius 2 is 1.13 bits per heavy atom. The fourth-order valence-electron chi connectivity index (χ4n) is 3.64. The second kappa shape index (κ2) is 5.93. The lowest BCUT2D eigenvalue weighted by molar-refractivity contribution is 0.171. The molecule has 0 unspecified atom stereocenters. The summed E-state index contributed by atoms with van der Waals surface area (Å²) in [6, 6.07) is 1.87. The topological polar surface area (TPSA) is 3.24 Å². The normalized spacial score (nSPS) is 25.7. The van der Waals surface area contributed by atoms with Gasteiger partial charge in [-0.05, 0) is 37.8 Å². The lowest BCUT2D eigenvalue weighted by Gasteiger charge is -2.41. The average Bonchev–Trinajstić information content (AvgIpc) is 2.33. The zero-order valence-corrected chi connectivity index (χ0v) is 10.4. The summed E-state index contributed by atoms with van der Waals surface area (Å²) < 4.78 is 0. The Kier molecular flexibility index (Phi) is 4.55. The molecule has 2 rings (SSSR count). The van der Waals surface area contributed by atoms with Crippen LogP contribution in [-0.2, 0) is 0 Å². The van der Waals surface area contributed by atoms with Crippen molar-refractivity contribution in [1.82, 2.24) is 4.81 Å². The molecule has 0 N–H and O–H groups in total. The number of rotatable bonds is 3. The smallest absolute Gasteiger partial charge is 0.201 e. The van der Waals surface area contributed by atoms with Gasteiger partial charge in [-0.1, -0.05) is 45.3 Å². The van der Waals surface area contributed by atoms with E-state index in [9.17, 15) is 0 Å². The molecule has 0 heterocycles. The fourth-order valence-corrected chi connectivity index (χ4v) is 3.64. The first kappa shape index (κ1) is 11.5. The lowest BCUT2D eigenvalue weighted by Crippen LogP contribution is -2.46. The quantitative estimate of drug-likeness (QED) is 0.641. The van der Waals surface area contributed by atoms with Crippen LogP contribution in [0.2, 0.25) is 6.82 Å². The highest BCUT2D eigenvalue weighted by atomic mass is 15.1. The second-order valence-corrected chi connectivity index (χ2v) is 5.41. The van der Waals surface area contributed by atoms with Gasteiger partial charge < -0.3 is 4.81 Å². The highest BCUT2D eigenvalue weighted by Gasteiger charge is 2.27. The third-order valence-corrected chi connectivity index (χ3v) is 4.45. The molecule has 0 atom stereocenters. The van der Waals surface area contributed by atoms with Crippen LogP contribution >= 0.6 is 0 Å². The Morgan fingerprint density at radius 1 is 0.733 bits per heavy atom. The average molecular weight is 207 g/mol. The van der Waals surface area contributed by atoms with Crippen molar-refractivity contribution in [3.05, 3.63) is 0 Å². The molecule has 0 amide bonds. The number of hydrogen-bond acceptors (Lipinski definition) is 1. The number of hydrogen-bond donors (Lipinski definition) is 0. The van der Waals surface area contributed by atoms with Gasteiger partial charge in [0.05, 0.1) is 0 Å². The molecule has 2 saturated carbocycles. The molecule has 0 saturated heterocycles. The Balaban J connectivity index is 1.88. The Bertz CT molecular complexity index is 153. The van der Waals surface area contributed by atoms with Crippen molar-refractivity contribution in [3.8, 4) is 0 Å². The van der Waals surface area contributed by atoms with Crippen LogP contribution in [0, 0.1) is 0 Å². The molecule has 0 spiro atoms. The molecule has 2 aliphatic rings. The molecule has 2 fully saturated rings. The minimum Gasteiger partial charge on any atom is -0.340 e. The zero-order valence-electron chi connectivity index (χ0n) is 10.4. The first-order valence-corrected chi connectivity index (χ1v) is 7.17. The molecule has 0 aromatic heterocycles. The molecular formula is C13H26BN. The first-order valence-electron chi connectivity index (χ1n) is 7.17. The van der Waals surface area contributed by atoms with Crippen LogP contribution in [0.25, 0.3) is 0 Å². The Hall–Kier alpha value is 0.0249. The van der Waals surface area contributed by atoms with Crippen LogP contribution in [0.5, 0.6) is 0 Å². The van der Waals surface area contributed by atoms with Crippen LogP contribution in [0.3, 0.4) is 0 Å². The van der Waals surface area contributed by atoms with Gasteiger partial charge >= 0.3 is 0 Å². The van der Waals surface area contributed by atoms with Crippen molar-refractivity contribution in [2.45, 2.75) is 83.1 Å². The monoisotopic (exact) mass is 207 g/mol. The van der Waals surface area contributed by atoms with Crippen LogP contribution < -0.4 is 0 Å². The van der Waals surface area contributed by atoms with E-state index < -0.39 is 0 Å². The van der Waals surface area contributed by atoms with Gasteiger partial charge in [-0.25, -0.2) is 0 Å². The van der Waals surface area contributed by atoms with Gasteiger partial charge in [0.25, 0.3) is 0 Å². The maximum atomic E-state index is 2.85. The molecule has 0 aromatic rings. The van der Waals surface area contributed by atoms with Crippen molar-refractivity contribution >= 4 is 7.41 Å². The van der Waals surface area contributed by atoms with Crippen molar-refractivity contribution in [2.75, 3.05) is 0 Å². The molecule has 0 aromatic carbocycles. The van der Waals surface area contributed by atoms with Gasteiger partial charge in [0.2, 0.25) is 7.41 Å². The SMILES string of the molecule is CBN(C1CCCCC1)C1CCCCC1. The standard InChI is InChI=1S/C13H26BN/c1-14-15(12-8-4-2-5-9-12)13-10-6-3-7-11-13/h12-14H,2-11H2,1H3. The Morgan fingerprint density at radius 3 is 1.47 bits per heavy atom. The highest BCUT2D eigenvalue weighted by molar-refractivity contribution is 6.30. The molecule has 0 radical (unpaired) electrons. The summed E-state index contributed by atoms with van der Waals surface area (Å²) in [4.78, 5) is 2.85. The molecule has 2 heteroatoms. The minimum absolute atomic E-state index is 0.937. The lowest BCUT2D eigenvalue weighted by atomic mass is 9.80. The molecule has 1 nitrogen and oxygen atoms in total. The van der Waals surface area contributed by atoms with E-state index in [1.807, 2.05) is 0 Å². The third-order valence-electron chi connectivity index (χ3n) is 4.45. The van der Waals surface area contributed by atoms with Gasteiger partial charge in [0.1, 0.15) is 0 Å². The van der Waals surface area contributed by atoms with Gasteiger partial charge in [0.15, 0.2) is 0 Å². The van der Waals surface area contributed by atoms with E-state index in [4.69, 9.17) is 0 Å². The molecule has 2 aliphatic carbocycles. The summed E-state index contributed by atoms with van der Waals surface area (Å²) >= 11 is 0. The molecule has 0 aliphatic heterocycles. The van der Waals surface area contributed by atoms with E-state index in [-0.39, 0.29) is 0 Å². The van der Waals surface area contributed by atoms with E-state index in [0.717, 1.165) is 12.1 Å². The van der Waals surface area contributed by atoms with Crippen LogP contribution in [-0.4, -0.2) is 24.3 Å². The van der Waals surface area contributed by atoms with E-state index in [1.54, 1.807) is 0 Å². The largest absolute Gasteiger partial charge is 0.340 e. The van der Waals surface area contributed by atoms with Crippen molar-refractivity contribution < 1.29 is 0 Å². The van der Waals surface area contributed by atoms with Crippen LogP contribution in [0.4, 0.5) is 0 Å². The van der Waals surface area contributed by atoms with E-state index in [2.05, 4.69) is 11.6 Å². The summed E-state index contributed by atoms with van der Waals surface area (Å²) in [5.74, 6) is 0. The maximum Gasteiger partial charge on any atom is 0.201 e. The van der Waals surface area contributed by atoms with Gasteiger partial charge in [-0.2, -0.15) is 0 Å². The van der Waals surface area contributed by atoms with Crippen LogP contribution in [0.1, 0.15) is 64.2 Å². The van der Waals surface area contributed by atoms with Crippen molar-refractivity contribution in [2.24, 2.45) is 0 Å². The summed E-state index contributed by atoms with van der Waals surface area (Å²) in [6.07, 6.45) is 14.8.